The van der Waals surface area contributed by atoms with E-state index in [1.807, 2.05) is 26.8 Å². The fraction of sp³-hybridized carbons (Fsp3) is 0.364. The van der Waals surface area contributed by atoms with Gasteiger partial charge in [0.25, 0.3) is 0 Å². The van der Waals surface area contributed by atoms with Gasteiger partial charge in [-0.1, -0.05) is 35.9 Å². The van der Waals surface area contributed by atoms with Crippen molar-refractivity contribution < 1.29 is 14.0 Å². The predicted octanol–water partition coefficient (Wildman–Crippen LogP) is 4.35. The van der Waals surface area contributed by atoms with E-state index in [9.17, 15) is 14.0 Å². The maximum Gasteiger partial charge on any atom is 0.242 e. The van der Waals surface area contributed by atoms with E-state index in [2.05, 4.69) is 5.32 Å². The molecule has 0 aliphatic heterocycles. The molecule has 0 fully saturated rings. The first-order chi connectivity index (χ1) is 13.0. The minimum Gasteiger partial charge on any atom is -0.350 e. The van der Waals surface area contributed by atoms with Crippen molar-refractivity contribution >= 4 is 23.4 Å². The summed E-state index contributed by atoms with van der Waals surface area (Å²) in [4.78, 5) is 27.2. The lowest BCUT2D eigenvalue weighted by molar-refractivity contribution is -0.140. The lowest BCUT2D eigenvalue weighted by Crippen LogP contribution is -2.52. The second-order valence-corrected chi connectivity index (χ2v) is 8.31. The number of nitrogens with zero attached hydrogens (tertiary/aromatic N) is 1. The summed E-state index contributed by atoms with van der Waals surface area (Å²) in [6.45, 7) is 7.62. The summed E-state index contributed by atoms with van der Waals surface area (Å²) < 4.78 is 13.1. The number of benzene rings is 2. The number of carbonyl (C=O) groups excluding carboxylic acids is 2. The molecular formula is C22H26ClFN2O2. The van der Waals surface area contributed by atoms with Crippen LogP contribution in [0.25, 0.3) is 0 Å². The lowest BCUT2D eigenvalue weighted by atomic mass is 10.1. The van der Waals surface area contributed by atoms with Crippen molar-refractivity contribution in [2.24, 2.45) is 0 Å². The summed E-state index contributed by atoms with van der Waals surface area (Å²) in [6, 6.07) is 12.3. The molecule has 0 aliphatic rings. The van der Waals surface area contributed by atoms with E-state index in [0.717, 1.165) is 5.56 Å². The van der Waals surface area contributed by atoms with E-state index in [-0.39, 0.29) is 30.6 Å². The fourth-order valence-corrected chi connectivity index (χ4v) is 2.98. The summed E-state index contributed by atoms with van der Waals surface area (Å²) in [5.74, 6) is -0.810. The summed E-state index contributed by atoms with van der Waals surface area (Å²) in [7, 11) is 0. The molecule has 2 aromatic carbocycles. The number of nitrogens with one attached hydrogen (secondary N) is 1. The molecule has 2 amide bonds. The highest BCUT2D eigenvalue weighted by Gasteiger charge is 2.28. The smallest absolute Gasteiger partial charge is 0.242 e. The molecule has 2 rings (SSSR count). The highest BCUT2D eigenvalue weighted by molar-refractivity contribution is 6.30. The number of rotatable bonds is 6. The van der Waals surface area contributed by atoms with Gasteiger partial charge in [-0.05, 0) is 63.1 Å². The molecule has 1 atom stereocenters. The van der Waals surface area contributed by atoms with Crippen LogP contribution in [0.5, 0.6) is 0 Å². The second kappa shape index (κ2) is 9.20. The Kier molecular flexibility index (Phi) is 7.19. The third-order valence-electron chi connectivity index (χ3n) is 4.18. The van der Waals surface area contributed by atoms with Crippen LogP contribution in [0.1, 0.15) is 38.8 Å². The van der Waals surface area contributed by atoms with Gasteiger partial charge in [0.2, 0.25) is 11.8 Å². The van der Waals surface area contributed by atoms with E-state index < -0.39 is 11.6 Å². The first-order valence-electron chi connectivity index (χ1n) is 9.15. The molecule has 4 nitrogen and oxygen atoms in total. The molecule has 28 heavy (non-hydrogen) atoms. The Morgan fingerprint density at radius 1 is 1.11 bits per heavy atom. The van der Waals surface area contributed by atoms with Crippen molar-refractivity contribution in [2.75, 3.05) is 0 Å². The molecule has 0 bridgehead atoms. The molecule has 0 spiro atoms. The third kappa shape index (κ3) is 6.64. The van der Waals surface area contributed by atoms with Crippen LogP contribution < -0.4 is 5.32 Å². The number of hydrogen-bond acceptors (Lipinski definition) is 2. The SMILES string of the molecule is CC(C(=O)NC(C)(C)C)N(Cc1cccc(Cl)c1)C(=O)Cc1ccc(F)cc1. The van der Waals surface area contributed by atoms with E-state index in [0.29, 0.717) is 10.6 Å². The van der Waals surface area contributed by atoms with E-state index in [4.69, 9.17) is 11.6 Å². The van der Waals surface area contributed by atoms with Crippen molar-refractivity contribution in [3.8, 4) is 0 Å². The van der Waals surface area contributed by atoms with Crippen molar-refractivity contribution in [2.45, 2.75) is 52.2 Å². The van der Waals surface area contributed by atoms with Gasteiger partial charge in [0.15, 0.2) is 0 Å². The van der Waals surface area contributed by atoms with Gasteiger partial charge in [0, 0.05) is 17.1 Å². The molecule has 0 heterocycles. The summed E-state index contributed by atoms with van der Waals surface area (Å²) in [5.41, 5.74) is 1.11. The van der Waals surface area contributed by atoms with E-state index >= 15 is 0 Å². The van der Waals surface area contributed by atoms with Gasteiger partial charge in [-0.15, -0.1) is 0 Å². The third-order valence-corrected chi connectivity index (χ3v) is 4.41. The highest BCUT2D eigenvalue weighted by Crippen LogP contribution is 2.17. The zero-order chi connectivity index (χ0) is 20.9. The molecule has 1 unspecified atom stereocenters. The summed E-state index contributed by atoms with van der Waals surface area (Å²) in [5, 5.41) is 3.48. The number of amides is 2. The monoisotopic (exact) mass is 404 g/mol. The first kappa shape index (κ1) is 21.9. The Balaban J connectivity index is 2.24. The van der Waals surface area contributed by atoms with Crippen LogP contribution in [0, 0.1) is 5.82 Å². The van der Waals surface area contributed by atoms with E-state index in [1.54, 1.807) is 37.3 Å². The van der Waals surface area contributed by atoms with Crippen LogP contribution in [0.3, 0.4) is 0 Å². The largest absolute Gasteiger partial charge is 0.350 e. The van der Waals surface area contributed by atoms with Crippen LogP contribution in [-0.4, -0.2) is 28.3 Å². The van der Waals surface area contributed by atoms with Crippen LogP contribution in [0.4, 0.5) is 4.39 Å². The van der Waals surface area contributed by atoms with Gasteiger partial charge in [-0.25, -0.2) is 4.39 Å². The molecule has 2 aromatic rings. The quantitative estimate of drug-likeness (QED) is 0.777. The van der Waals surface area contributed by atoms with Gasteiger partial charge < -0.3 is 10.2 Å². The zero-order valence-electron chi connectivity index (χ0n) is 16.6. The molecule has 0 aliphatic carbocycles. The maximum atomic E-state index is 13.1. The molecule has 1 N–H and O–H groups in total. The van der Waals surface area contributed by atoms with Crippen molar-refractivity contribution in [3.05, 3.63) is 70.5 Å². The Labute approximate surface area is 170 Å². The Hall–Kier alpha value is -2.40. The van der Waals surface area contributed by atoms with Crippen molar-refractivity contribution in [3.63, 3.8) is 0 Å². The zero-order valence-corrected chi connectivity index (χ0v) is 17.4. The topological polar surface area (TPSA) is 49.4 Å². The van der Waals surface area contributed by atoms with Crippen molar-refractivity contribution in [1.29, 1.82) is 0 Å². The van der Waals surface area contributed by atoms with Crippen LogP contribution in [0.2, 0.25) is 5.02 Å². The fourth-order valence-electron chi connectivity index (χ4n) is 2.77. The van der Waals surface area contributed by atoms with Gasteiger partial charge in [-0.2, -0.15) is 0 Å². The van der Waals surface area contributed by atoms with Gasteiger partial charge in [-0.3, -0.25) is 9.59 Å². The van der Waals surface area contributed by atoms with Gasteiger partial charge in [0.1, 0.15) is 11.9 Å². The Bertz CT molecular complexity index is 831. The van der Waals surface area contributed by atoms with Crippen LogP contribution in [-0.2, 0) is 22.6 Å². The maximum absolute atomic E-state index is 13.1. The normalized spacial score (nSPS) is 12.4. The van der Waals surface area contributed by atoms with Gasteiger partial charge >= 0.3 is 0 Å². The van der Waals surface area contributed by atoms with Crippen molar-refractivity contribution in [1.82, 2.24) is 10.2 Å². The summed E-state index contributed by atoms with van der Waals surface area (Å²) >= 11 is 6.06. The van der Waals surface area contributed by atoms with Gasteiger partial charge in [0.05, 0.1) is 6.42 Å². The lowest BCUT2D eigenvalue weighted by Gasteiger charge is -2.31. The second-order valence-electron chi connectivity index (χ2n) is 7.87. The number of hydrogen-bond donors (Lipinski definition) is 1. The first-order valence-corrected chi connectivity index (χ1v) is 9.53. The standard InChI is InChI=1S/C22H26ClFN2O2/c1-15(21(28)25-22(2,3)4)26(14-17-6-5-7-18(23)12-17)20(27)13-16-8-10-19(24)11-9-16/h5-12,15H,13-14H2,1-4H3,(H,25,28). The molecule has 0 aromatic heterocycles. The highest BCUT2D eigenvalue weighted by atomic mass is 35.5. The summed E-state index contributed by atoms with van der Waals surface area (Å²) in [6.07, 6.45) is 0.0774. The minimum absolute atomic E-state index is 0.0774. The molecule has 0 saturated heterocycles. The average Bonchev–Trinajstić information content (AvgIpc) is 2.59. The average molecular weight is 405 g/mol. The predicted molar refractivity (Wildman–Crippen MR) is 109 cm³/mol. The molecular weight excluding hydrogens is 379 g/mol. The minimum atomic E-state index is -0.675. The molecule has 0 radical (unpaired) electrons. The van der Waals surface area contributed by atoms with Crippen LogP contribution in [0.15, 0.2) is 48.5 Å². The molecule has 0 saturated carbocycles. The Morgan fingerprint density at radius 3 is 2.32 bits per heavy atom. The van der Waals surface area contributed by atoms with E-state index in [1.165, 1.54) is 17.0 Å². The Morgan fingerprint density at radius 2 is 1.75 bits per heavy atom. The van der Waals surface area contributed by atoms with Crippen LogP contribution >= 0.6 is 11.6 Å². The number of carbonyl (C=O) groups is 2. The molecule has 150 valence electrons. The number of halogens is 2. The molecule has 6 heteroatoms.